The van der Waals surface area contributed by atoms with Crippen LogP contribution in [0.25, 0.3) is 0 Å². The monoisotopic (exact) mass is 237 g/mol. The van der Waals surface area contributed by atoms with Gasteiger partial charge in [-0.2, -0.15) is 0 Å². The third kappa shape index (κ3) is 3.03. The highest BCUT2D eigenvalue weighted by atomic mass is 16.5. The van der Waals surface area contributed by atoms with E-state index in [4.69, 9.17) is 9.84 Å². The van der Waals surface area contributed by atoms with Crippen molar-refractivity contribution in [1.82, 2.24) is 4.98 Å². The van der Waals surface area contributed by atoms with Gasteiger partial charge in [0.05, 0.1) is 17.7 Å². The Balaban J connectivity index is 3.10. The Morgan fingerprint density at radius 2 is 2.00 bits per heavy atom. The minimum absolute atomic E-state index is 0.112. The molecule has 0 aromatic carbocycles. The van der Waals surface area contributed by atoms with Crippen LogP contribution in [0.3, 0.4) is 0 Å². The molecule has 4 nitrogen and oxygen atoms in total. The van der Waals surface area contributed by atoms with Crippen LogP contribution in [0.1, 0.15) is 37.6 Å². The van der Waals surface area contributed by atoms with E-state index in [9.17, 15) is 4.79 Å². The Morgan fingerprint density at radius 3 is 2.47 bits per heavy atom. The van der Waals surface area contributed by atoms with Gasteiger partial charge >= 0.3 is 5.97 Å². The number of nitrogens with zero attached hydrogens (tertiary/aromatic N) is 1. The van der Waals surface area contributed by atoms with Crippen molar-refractivity contribution in [3.63, 3.8) is 0 Å². The Labute approximate surface area is 102 Å². The normalized spacial score (nSPS) is 11.4. The van der Waals surface area contributed by atoms with E-state index in [-0.39, 0.29) is 12.6 Å². The highest BCUT2D eigenvalue weighted by Crippen LogP contribution is 2.27. The molecule has 94 valence electrons. The first-order valence-electron chi connectivity index (χ1n) is 5.55. The molecule has 1 rings (SSSR count). The lowest BCUT2D eigenvalue weighted by atomic mass is 9.97. The number of esters is 1. The molecule has 0 aliphatic rings. The number of carbonyl (C=O) groups is 1. The Hall–Kier alpha value is -1.42. The predicted octanol–water partition coefficient (Wildman–Crippen LogP) is 2.14. The number of ether oxygens (including phenoxy) is 1. The van der Waals surface area contributed by atoms with E-state index in [1.54, 1.807) is 33.9 Å². The van der Waals surface area contributed by atoms with E-state index in [1.165, 1.54) is 0 Å². The lowest BCUT2D eigenvalue weighted by Gasteiger charge is -2.19. The summed E-state index contributed by atoms with van der Waals surface area (Å²) in [6.07, 6.45) is 1.60. The van der Waals surface area contributed by atoms with Crippen molar-refractivity contribution in [3.05, 3.63) is 23.0 Å². The second-order valence-electron chi connectivity index (χ2n) is 5.12. The van der Waals surface area contributed by atoms with E-state index >= 15 is 0 Å². The fraction of sp³-hybridized carbons (Fsp3) is 0.538. The van der Waals surface area contributed by atoms with Gasteiger partial charge in [-0.3, -0.25) is 9.78 Å². The molecule has 0 amide bonds. The molecule has 1 N–H and O–H groups in total. The van der Waals surface area contributed by atoms with Crippen LogP contribution >= 0.6 is 0 Å². The molecule has 0 fully saturated rings. The Morgan fingerprint density at radius 1 is 1.41 bits per heavy atom. The van der Waals surface area contributed by atoms with Crippen LogP contribution in [-0.4, -0.2) is 16.1 Å². The summed E-state index contributed by atoms with van der Waals surface area (Å²) in [6, 6.07) is 0. The summed E-state index contributed by atoms with van der Waals surface area (Å²) in [5, 5.41) is 9.15. The number of pyridine rings is 1. The van der Waals surface area contributed by atoms with Gasteiger partial charge < -0.3 is 9.84 Å². The number of aliphatic hydroxyl groups is 1. The molecule has 0 saturated heterocycles. The van der Waals surface area contributed by atoms with Gasteiger partial charge in [-0.1, -0.05) is 0 Å². The van der Waals surface area contributed by atoms with Gasteiger partial charge in [0, 0.05) is 17.3 Å². The number of hydrogen-bond acceptors (Lipinski definition) is 4. The second-order valence-corrected chi connectivity index (χ2v) is 5.12. The minimum Gasteiger partial charge on any atom is -0.424 e. The zero-order valence-corrected chi connectivity index (χ0v) is 11.0. The first-order chi connectivity index (χ1) is 7.77. The van der Waals surface area contributed by atoms with Gasteiger partial charge in [-0.25, -0.2) is 0 Å². The number of aryl methyl sites for hydroxylation is 1. The highest BCUT2D eigenvalue weighted by molar-refractivity contribution is 5.78. The fourth-order valence-corrected chi connectivity index (χ4v) is 1.30. The summed E-state index contributed by atoms with van der Waals surface area (Å²) in [4.78, 5) is 15.9. The number of aliphatic hydroxyl groups excluding tert-OH is 1. The lowest BCUT2D eigenvalue weighted by Crippen LogP contribution is -2.26. The highest BCUT2D eigenvalue weighted by Gasteiger charge is 2.25. The smallest absolute Gasteiger partial charge is 0.316 e. The molecule has 0 aliphatic heterocycles. The van der Waals surface area contributed by atoms with E-state index in [0.717, 1.165) is 5.56 Å². The molecule has 0 bridgehead atoms. The number of rotatable bonds is 2. The molecule has 1 aromatic heterocycles. The van der Waals surface area contributed by atoms with E-state index < -0.39 is 5.41 Å². The van der Waals surface area contributed by atoms with E-state index in [2.05, 4.69) is 4.98 Å². The van der Waals surface area contributed by atoms with Crippen LogP contribution in [0.5, 0.6) is 5.75 Å². The van der Waals surface area contributed by atoms with Crippen molar-refractivity contribution in [2.75, 3.05) is 0 Å². The van der Waals surface area contributed by atoms with E-state index in [1.807, 2.05) is 6.92 Å². The van der Waals surface area contributed by atoms with Crippen molar-refractivity contribution in [2.24, 2.45) is 5.41 Å². The third-order valence-electron chi connectivity index (χ3n) is 2.54. The van der Waals surface area contributed by atoms with Crippen molar-refractivity contribution >= 4 is 5.97 Å². The first kappa shape index (κ1) is 13.6. The van der Waals surface area contributed by atoms with Crippen LogP contribution in [0, 0.1) is 19.3 Å². The van der Waals surface area contributed by atoms with Crippen LogP contribution in [0.2, 0.25) is 0 Å². The molecule has 4 heteroatoms. The molecule has 0 spiro atoms. The van der Waals surface area contributed by atoms with Crippen LogP contribution in [0.15, 0.2) is 6.20 Å². The maximum Gasteiger partial charge on any atom is 0.316 e. The zero-order chi connectivity index (χ0) is 13.2. The molecule has 1 heterocycles. The first-order valence-corrected chi connectivity index (χ1v) is 5.55. The van der Waals surface area contributed by atoms with Crippen LogP contribution in [0.4, 0.5) is 0 Å². The molecule has 1 aromatic rings. The fourth-order valence-electron chi connectivity index (χ4n) is 1.30. The van der Waals surface area contributed by atoms with Gasteiger partial charge in [-0.15, -0.1) is 0 Å². The lowest BCUT2D eigenvalue weighted by molar-refractivity contribution is -0.143. The molecular formula is C13H19NO3. The van der Waals surface area contributed by atoms with E-state index in [0.29, 0.717) is 17.0 Å². The average molecular weight is 237 g/mol. The SMILES string of the molecule is Cc1ncc(CO)c(C)c1OC(=O)C(C)(C)C. The van der Waals surface area contributed by atoms with Crippen molar-refractivity contribution in [1.29, 1.82) is 0 Å². The Bertz CT molecular complexity index is 433. The summed E-state index contributed by atoms with van der Waals surface area (Å²) in [5.41, 5.74) is 1.52. The minimum atomic E-state index is -0.561. The van der Waals surface area contributed by atoms with Gasteiger partial charge in [-0.05, 0) is 34.6 Å². The maximum atomic E-state index is 11.8. The van der Waals surface area contributed by atoms with Crippen LogP contribution in [-0.2, 0) is 11.4 Å². The molecule has 0 radical (unpaired) electrons. The standard InChI is InChI=1S/C13H19NO3/c1-8-10(7-15)6-14-9(2)11(8)17-12(16)13(3,4)5/h6,15H,7H2,1-5H3. The predicted molar refractivity (Wildman–Crippen MR) is 64.7 cm³/mol. The summed E-state index contributed by atoms with van der Waals surface area (Å²) in [5.74, 6) is 0.150. The molecule has 0 atom stereocenters. The van der Waals surface area contributed by atoms with Crippen molar-refractivity contribution in [2.45, 2.75) is 41.2 Å². The maximum absolute atomic E-state index is 11.8. The second kappa shape index (κ2) is 4.84. The van der Waals surface area contributed by atoms with Gasteiger partial charge in [0.25, 0.3) is 0 Å². The average Bonchev–Trinajstić information content (AvgIpc) is 2.22. The topological polar surface area (TPSA) is 59.4 Å². The quantitative estimate of drug-likeness (QED) is 0.801. The molecule has 0 aliphatic carbocycles. The zero-order valence-electron chi connectivity index (χ0n) is 11.0. The van der Waals surface area contributed by atoms with Crippen LogP contribution < -0.4 is 4.74 Å². The van der Waals surface area contributed by atoms with Gasteiger partial charge in [0.1, 0.15) is 0 Å². The summed E-state index contributed by atoms with van der Waals surface area (Å²) in [7, 11) is 0. The summed E-state index contributed by atoms with van der Waals surface area (Å²) in [6.45, 7) is 8.86. The molecule has 0 unspecified atom stereocenters. The van der Waals surface area contributed by atoms with Gasteiger partial charge in [0.2, 0.25) is 0 Å². The van der Waals surface area contributed by atoms with Crippen molar-refractivity contribution in [3.8, 4) is 5.75 Å². The number of aromatic nitrogens is 1. The molecule has 0 saturated carbocycles. The summed E-state index contributed by atoms with van der Waals surface area (Å²) < 4.78 is 5.37. The Kier molecular flexibility index (Phi) is 3.88. The van der Waals surface area contributed by atoms with Gasteiger partial charge in [0.15, 0.2) is 5.75 Å². The number of hydrogen-bond donors (Lipinski definition) is 1. The summed E-state index contributed by atoms with van der Waals surface area (Å²) >= 11 is 0. The number of carbonyl (C=O) groups excluding carboxylic acids is 1. The molecule has 17 heavy (non-hydrogen) atoms. The largest absolute Gasteiger partial charge is 0.424 e. The van der Waals surface area contributed by atoms with Crippen molar-refractivity contribution < 1.29 is 14.6 Å². The molecular weight excluding hydrogens is 218 g/mol. The third-order valence-corrected chi connectivity index (χ3v) is 2.54.